The van der Waals surface area contributed by atoms with Crippen molar-refractivity contribution < 1.29 is 13.9 Å². The molecule has 0 saturated heterocycles. The Hall–Kier alpha value is -2.01. The molecule has 18 heavy (non-hydrogen) atoms. The molecule has 0 atom stereocenters. The second-order valence-electron chi connectivity index (χ2n) is 4.35. The number of hydrogen-bond donors (Lipinski definition) is 1. The summed E-state index contributed by atoms with van der Waals surface area (Å²) in [7, 11) is 3.83. The number of carbonyl (C=O) groups excluding carboxylic acids is 1. The monoisotopic (exact) mass is 248 g/mol. The summed E-state index contributed by atoms with van der Waals surface area (Å²) in [5.74, 6) is -0.249. The van der Waals surface area contributed by atoms with Gasteiger partial charge < -0.3 is 19.8 Å². The second-order valence-corrected chi connectivity index (χ2v) is 4.35. The summed E-state index contributed by atoms with van der Waals surface area (Å²) in [6, 6.07) is 6.87. The number of ether oxygens (including phenoxy) is 1. The Morgan fingerprint density at radius 1 is 1.39 bits per heavy atom. The number of nitrogens with two attached hydrogens (primary N) is 1. The lowest BCUT2D eigenvalue weighted by atomic mass is 10.2. The van der Waals surface area contributed by atoms with E-state index in [1.54, 1.807) is 24.3 Å². The summed E-state index contributed by atoms with van der Waals surface area (Å²) in [6.45, 7) is 1.02. The van der Waals surface area contributed by atoms with Crippen molar-refractivity contribution in [3.8, 4) is 0 Å². The molecule has 0 fully saturated rings. The van der Waals surface area contributed by atoms with Crippen molar-refractivity contribution in [3.63, 3.8) is 0 Å². The van der Waals surface area contributed by atoms with E-state index in [4.69, 9.17) is 14.9 Å². The Bertz CT molecular complexity index is 560. The topological polar surface area (TPSA) is 68.7 Å². The van der Waals surface area contributed by atoms with Crippen LogP contribution in [-0.4, -0.2) is 38.1 Å². The highest BCUT2D eigenvalue weighted by Crippen LogP contribution is 2.22. The van der Waals surface area contributed by atoms with E-state index in [1.165, 1.54) is 0 Å². The summed E-state index contributed by atoms with van der Waals surface area (Å²) in [4.78, 5) is 13.7. The SMILES string of the molecule is CN(C)CCOC(=O)c1cc2cc(N)ccc2o1. The van der Waals surface area contributed by atoms with Crippen LogP contribution in [0.5, 0.6) is 0 Å². The van der Waals surface area contributed by atoms with Gasteiger partial charge in [-0.3, -0.25) is 0 Å². The van der Waals surface area contributed by atoms with Gasteiger partial charge in [-0.05, 0) is 38.4 Å². The van der Waals surface area contributed by atoms with Gasteiger partial charge in [0.05, 0.1) is 0 Å². The van der Waals surface area contributed by atoms with E-state index in [0.717, 1.165) is 5.39 Å². The van der Waals surface area contributed by atoms with Crippen LogP contribution >= 0.6 is 0 Å². The molecule has 0 aliphatic rings. The Morgan fingerprint density at radius 2 is 2.17 bits per heavy atom. The first-order chi connectivity index (χ1) is 8.56. The van der Waals surface area contributed by atoms with Crippen molar-refractivity contribution in [1.82, 2.24) is 4.90 Å². The fourth-order valence-electron chi connectivity index (χ4n) is 1.55. The molecule has 0 spiro atoms. The van der Waals surface area contributed by atoms with Crippen LogP contribution in [-0.2, 0) is 4.74 Å². The van der Waals surface area contributed by atoms with Crippen LogP contribution in [0, 0.1) is 0 Å². The second kappa shape index (κ2) is 5.10. The Morgan fingerprint density at radius 3 is 2.89 bits per heavy atom. The molecular weight excluding hydrogens is 232 g/mol. The zero-order chi connectivity index (χ0) is 13.1. The molecule has 1 aromatic carbocycles. The Kier molecular flexibility index (Phi) is 3.53. The summed E-state index contributed by atoms with van der Waals surface area (Å²) in [5, 5.41) is 0.801. The molecule has 0 bridgehead atoms. The van der Waals surface area contributed by atoms with Crippen LogP contribution < -0.4 is 5.73 Å². The fourth-order valence-corrected chi connectivity index (χ4v) is 1.55. The number of rotatable bonds is 4. The van der Waals surface area contributed by atoms with Crippen LogP contribution in [0.25, 0.3) is 11.0 Å². The minimum absolute atomic E-state index is 0.203. The lowest BCUT2D eigenvalue weighted by molar-refractivity contribution is 0.0448. The number of esters is 1. The molecule has 0 aliphatic heterocycles. The summed E-state index contributed by atoms with van der Waals surface area (Å²) >= 11 is 0. The third-order valence-corrected chi connectivity index (χ3v) is 2.51. The molecule has 2 rings (SSSR count). The molecule has 0 aliphatic carbocycles. The molecule has 1 aromatic heterocycles. The maximum absolute atomic E-state index is 11.7. The number of likely N-dealkylation sites (N-methyl/N-ethyl adjacent to an activating group) is 1. The first kappa shape index (κ1) is 12.4. The van der Waals surface area contributed by atoms with E-state index < -0.39 is 5.97 Å². The lowest BCUT2D eigenvalue weighted by Crippen LogP contribution is -2.19. The highest BCUT2D eigenvalue weighted by Gasteiger charge is 2.13. The smallest absolute Gasteiger partial charge is 0.374 e. The first-order valence-electron chi connectivity index (χ1n) is 5.67. The van der Waals surface area contributed by atoms with Gasteiger partial charge in [-0.25, -0.2) is 4.79 Å². The number of nitrogen functional groups attached to an aromatic ring is 1. The third kappa shape index (κ3) is 2.81. The zero-order valence-electron chi connectivity index (χ0n) is 10.5. The van der Waals surface area contributed by atoms with Gasteiger partial charge in [0.2, 0.25) is 5.76 Å². The van der Waals surface area contributed by atoms with Crippen LogP contribution in [0.15, 0.2) is 28.7 Å². The number of hydrogen-bond acceptors (Lipinski definition) is 5. The molecule has 1 heterocycles. The molecule has 0 radical (unpaired) electrons. The molecule has 2 N–H and O–H groups in total. The van der Waals surface area contributed by atoms with Crippen LogP contribution in [0.3, 0.4) is 0 Å². The van der Waals surface area contributed by atoms with Gasteiger partial charge in [-0.2, -0.15) is 0 Å². The maximum Gasteiger partial charge on any atom is 0.374 e. The van der Waals surface area contributed by atoms with Gasteiger partial charge in [-0.15, -0.1) is 0 Å². The molecule has 2 aromatic rings. The minimum atomic E-state index is -0.452. The largest absolute Gasteiger partial charge is 0.458 e. The fraction of sp³-hybridized carbons (Fsp3) is 0.308. The van der Waals surface area contributed by atoms with E-state index >= 15 is 0 Å². The number of benzene rings is 1. The van der Waals surface area contributed by atoms with Crippen molar-refractivity contribution in [3.05, 3.63) is 30.0 Å². The van der Waals surface area contributed by atoms with Crippen molar-refractivity contribution >= 4 is 22.6 Å². The van der Waals surface area contributed by atoms with Crippen LogP contribution in [0.1, 0.15) is 10.6 Å². The van der Waals surface area contributed by atoms with Gasteiger partial charge in [0, 0.05) is 17.6 Å². The Balaban J connectivity index is 2.08. The van der Waals surface area contributed by atoms with Crippen molar-refractivity contribution in [1.29, 1.82) is 0 Å². The number of nitrogens with zero attached hydrogens (tertiary/aromatic N) is 1. The molecule has 96 valence electrons. The van der Waals surface area contributed by atoms with E-state index in [9.17, 15) is 4.79 Å². The quantitative estimate of drug-likeness (QED) is 0.659. The normalized spacial score (nSPS) is 11.1. The standard InChI is InChI=1S/C13H16N2O3/c1-15(2)5-6-17-13(16)12-8-9-7-10(14)3-4-11(9)18-12/h3-4,7-8H,5-6,14H2,1-2H3. The minimum Gasteiger partial charge on any atom is -0.458 e. The maximum atomic E-state index is 11.7. The molecule has 5 heteroatoms. The molecule has 0 unspecified atom stereocenters. The highest BCUT2D eigenvalue weighted by atomic mass is 16.5. The van der Waals surface area contributed by atoms with Gasteiger partial charge in [0.25, 0.3) is 0 Å². The number of furan rings is 1. The van der Waals surface area contributed by atoms with Crippen molar-refractivity contribution in [2.24, 2.45) is 0 Å². The van der Waals surface area contributed by atoms with Crippen molar-refractivity contribution in [2.45, 2.75) is 0 Å². The third-order valence-electron chi connectivity index (χ3n) is 2.51. The highest BCUT2D eigenvalue weighted by molar-refractivity contribution is 5.93. The predicted octanol–water partition coefficient (Wildman–Crippen LogP) is 1.73. The van der Waals surface area contributed by atoms with E-state index in [1.807, 2.05) is 19.0 Å². The number of carbonyl (C=O) groups is 1. The van der Waals surface area contributed by atoms with Gasteiger partial charge in [0.1, 0.15) is 12.2 Å². The molecule has 0 amide bonds. The summed E-state index contributed by atoms with van der Waals surface area (Å²) in [6.07, 6.45) is 0. The molecule has 5 nitrogen and oxygen atoms in total. The number of fused-ring (bicyclic) bond motifs is 1. The van der Waals surface area contributed by atoms with Crippen LogP contribution in [0.4, 0.5) is 5.69 Å². The van der Waals surface area contributed by atoms with Gasteiger partial charge in [-0.1, -0.05) is 0 Å². The Labute approximate surface area is 105 Å². The average molecular weight is 248 g/mol. The van der Waals surface area contributed by atoms with Gasteiger partial charge in [0.15, 0.2) is 0 Å². The van der Waals surface area contributed by atoms with E-state index in [0.29, 0.717) is 24.4 Å². The van der Waals surface area contributed by atoms with Gasteiger partial charge >= 0.3 is 5.97 Å². The first-order valence-corrected chi connectivity index (χ1v) is 5.67. The predicted molar refractivity (Wildman–Crippen MR) is 69.5 cm³/mol. The van der Waals surface area contributed by atoms with E-state index in [2.05, 4.69) is 0 Å². The summed E-state index contributed by atoms with van der Waals surface area (Å²) in [5.41, 5.74) is 6.92. The summed E-state index contributed by atoms with van der Waals surface area (Å²) < 4.78 is 10.5. The zero-order valence-corrected chi connectivity index (χ0v) is 10.5. The molecule has 0 saturated carbocycles. The van der Waals surface area contributed by atoms with Crippen LogP contribution in [0.2, 0.25) is 0 Å². The molecular formula is C13H16N2O3. The average Bonchev–Trinajstić information content (AvgIpc) is 2.71. The van der Waals surface area contributed by atoms with Crippen molar-refractivity contribution in [2.75, 3.05) is 33.0 Å². The van der Waals surface area contributed by atoms with E-state index in [-0.39, 0.29) is 5.76 Å². The number of anilines is 1. The lowest BCUT2D eigenvalue weighted by Gasteiger charge is -2.08.